The second-order valence-electron chi connectivity index (χ2n) is 8.93. The summed E-state index contributed by atoms with van der Waals surface area (Å²) in [7, 11) is 2.20. The number of carbonyl (C=O) groups is 1. The zero-order valence-corrected chi connectivity index (χ0v) is 16.7. The zero-order valence-electron chi connectivity index (χ0n) is 16.7. The fourth-order valence-corrected chi connectivity index (χ4v) is 4.49. The third-order valence-corrected chi connectivity index (χ3v) is 6.65. The van der Waals surface area contributed by atoms with Crippen LogP contribution < -0.4 is 10.6 Å². The summed E-state index contributed by atoms with van der Waals surface area (Å²) in [6.45, 7) is 8.72. The first-order valence-electron chi connectivity index (χ1n) is 10.6. The number of piperidine rings is 1. The van der Waals surface area contributed by atoms with E-state index in [1.54, 1.807) is 0 Å². The van der Waals surface area contributed by atoms with Crippen molar-refractivity contribution in [1.82, 2.24) is 20.4 Å². The normalized spacial score (nSPS) is 25.9. The van der Waals surface area contributed by atoms with Gasteiger partial charge in [-0.1, -0.05) is 12.1 Å². The van der Waals surface area contributed by atoms with E-state index in [-0.39, 0.29) is 5.91 Å². The number of hydrogen-bond donors (Lipinski definition) is 2. The summed E-state index contributed by atoms with van der Waals surface area (Å²) in [5.74, 6) is 0.628. The van der Waals surface area contributed by atoms with Gasteiger partial charge in [0.05, 0.1) is 0 Å². The first-order chi connectivity index (χ1) is 13.1. The number of nitrogens with zero attached hydrogens (tertiary/aromatic N) is 2. The summed E-state index contributed by atoms with van der Waals surface area (Å²) < 4.78 is 0. The van der Waals surface area contributed by atoms with Crippen molar-refractivity contribution in [2.75, 3.05) is 59.4 Å². The molecule has 1 amide bonds. The summed E-state index contributed by atoms with van der Waals surface area (Å²) in [6, 6.07) is 8.27. The van der Waals surface area contributed by atoms with Crippen LogP contribution in [0.4, 0.5) is 0 Å². The second-order valence-corrected chi connectivity index (χ2v) is 8.93. The fourth-order valence-electron chi connectivity index (χ4n) is 4.49. The molecule has 3 fully saturated rings. The highest BCUT2D eigenvalue weighted by atomic mass is 16.1. The highest BCUT2D eigenvalue weighted by molar-refractivity contribution is 5.94. The van der Waals surface area contributed by atoms with Gasteiger partial charge in [-0.25, -0.2) is 0 Å². The van der Waals surface area contributed by atoms with Crippen molar-refractivity contribution in [2.45, 2.75) is 31.6 Å². The van der Waals surface area contributed by atoms with Gasteiger partial charge in [0, 0.05) is 56.8 Å². The van der Waals surface area contributed by atoms with E-state index in [9.17, 15) is 4.79 Å². The van der Waals surface area contributed by atoms with Crippen molar-refractivity contribution >= 4 is 5.91 Å². The largest absolute Gasteiger partial charge is 0.351 e. The quantitative estimate of drug-likeness (QED) is 0.803. The van der Waals surface area contributed by atoms with Gasteiger partial charge in [0.2, 0.25) is 0 Å². The molecule has 1 aromatic rings. The number of rotatable bonds is 6. The molecule has 1 atom stereocenters. The van der Waals surface area contributed by atoms with E-state index in [0.717, 1.165) is 57.9 Å². The molecule has 2 heterocycles. The number of amides is 1. The van der Waals surface area contributed by atoms with Crippen LogP contribution in [0.15, 0.2) is 24.3 Å². The van der Waals surface area contributed by atoms with E-state index in [0.29, 0.717) is 11.3 Å². The lowest BCUT2D eigenvalue weighted by Crippen LogP contribution is -2.47. The highest BCUT2D eigenvalue weighted by Crippen LogP contribution is 2.45. The predicted molar refractivity (Wildman–Crippen MR) is 109 cm³/mol. The predicted octanol–water partition coefficient (Wildman–Crippen LogP) is 1.91. The Morgan fingerprint density at radius 2 is 2.07 bits per heavy atom. The van der Waals surface area contributed by atoms with Gasteiger partial charge in [-0.05, 0) is 62.9 Å². The van der Waals surface area contributed by atoms with Crippen molar-refractivity contribution in [3.8, 4) is 0 Å². The van der Waals surface area contributed by atoms with E-state index in [4.69, 9.17) is 0 Å². The number of nitrogens with one attached hydrogen (secondary N) is 2. The van der Waals surface area contributed by atoms with Crippen LogP contribution in [0.25, 0.3) is 0 Å². The molecule has 27 heavy (non-hydrogen) atoms. The standard InChI is InChI=1S/C22H34N4O/c1-25-10-12-26(13-11-25)17-22(7-8-22)16-24-21(27)19-5-2-4-18(14-19)20-6-3-9-23-15-20/h2,4-5,14,20,23H,3,6-13,15-17H2,1H3,(H,24,27)/t20-/m0/s1. The Morgan fingerprint density at radius 1 is 1.26 bits per heavy atom. The van der Waals surface area contributed by atoms with Gasteiger partial charge in [0.15, 0.2) is 0 Å². The van der Waals surface area contributed by atoms with Crippen molar-refractivity contribution in [3.05, 3.63) is 35.4 Å². The van der Waals surface area contributed by atoms with Gasteiger partial charge in [0.1, 0.15) is 0 Å². The molecule has 2 saturated heterocycles. The lowest BCUT2D eigenvalue weighted by molar-refractivity contribution is 0.0927. The Balaban J connectivity index is 1.30. The summed E-state index contributed by atoms with van der Waals surface area (Å²) in [4.78, 5) is 17.7. The van der Waals surface area contributed by atoms with Crippen LogP contribution in [-0.4, -0.2) is 75.1 Å². The first kappa shape index (κ1) is 18.9. The minimum Gasteiger partial charge on any atom is -0.351 e. The minimum atomic E-state index is 0.0882. The maximum absolute atomic E-state index is 12.7. The third-order valence-electron chi connectivity index (χ3n) is 6.65. The molecule has 0 bridgehead atoms. The molecule has 0 spiro atoms. The monoisotopic (exact) mass is 370 g/mol. The number of carbonyl (C=O) groups excluding carboxylic acids is 1. The van der Waals surface area contributed by atoms with Crippen LogP contribution in [-0.2, 0) is 0 Å². The Bertz CT molecular complexity index is 643. The van der Waals surface area contributed by atoms with Gasteiger partial charge in [0.25, 0.3) is 5.91 Å². The van der Waals surface area contributed by atoms with E-state index in [1.165, 1.54) is 31.2 Å². The maximum Gasteiger partial charge on any atom is 0.251 e. The molecule has 1 saturated carbocycles. The van der Waals surface area contributed by atoms with E-state index < -0.39 is 0 Å². The molecule has 5 heteroatoms. The molecule has 2 N–H and O–H groups in total. The Hall–Kier alpha value is -1.43. The van der Waals surface area contributed by atoms with E-state index >= 15 is 0 Å². The van der Waals surface area contributed by atoms with Gasteiger partial charge in [-0.3, -0.25) is 4.79 Å². The minimum absolute atomic E-state index is 0.0882. The van der Waals surface area contributed by atoms with Gasteiger partial charge in [-0.2, -0.15) is 0 Å². The molecule has 4 rings (SSSR count). The SMILES string of the molecule is CN1CCN(CC2(CNC(=O)c3cccc([C@H]4CCCNC4)c3)CC2)CC1. The molecule has 2 aliphatic heterocycles. The van der Waals surface area contributed by atoms with Crippen LogP contribution in [0.3, 0.4) is 0 Å². The summed E-state index contributed by atoms with van der Waals surface area (Å²) >= 11 is 0. The molecule has 0 radical (unpaired) electrons. The molecule has 3 aliphatic rings. The van der Waals surface area contributed by atoms with Crippen molar-refractivity contribution in [2.24, 2.45) is 5.41 Å². The Morgan fingerprint density at radius 3 is 2.78 bits per heavy atom. The summed E-state index contributed by atoms with van der Waals surface area (Å²) in [6.07, 6.45) is 4.92. The molecular weight excluding hydrogens is 336 g/mol. The lowest BCUT2D eigenvalue weighted by atomic mass is 9.90. The number of benzene rings is 1. The van der Waals surface area contributed by atoms with Crippen LogP contribution >= 0.6 is 0 Å². The molecule has 0 unspecified atom stereocenters. The average molecular weight is 371 g/mol. The lowest BCUT2D eigenvalue weighted by Gasteiger charge is -2.34. The third kappa shape index (κ3) is 4.89. The smallest absolute Gasteiger partial charge is 0.251 e. The van der Waals surface area contributed by atoms with Crippen molar-refractivity contribution < 1.29 is 4.79 Å². The zero-order chi connectivity index (χ0) is 18.7. The molecule has 1 aliphatic carbocycles. The maximum atomic E-state index is 12.7. The Kier molecular flexibility index (Phi) is 5.81. The first-order valence-corrected chi connectivity index (χ1v) is 10.6. The van der Waals surface area contributed by atoms with Gasteiger partial charge in [-0.15, -0.1) is 0 Å². The molecule has 148 valence electrons. The van der Waals surface area contributed by atoms with E-state index in [1.807, 2.05) is 12.1 Å². The molecular formula is C22H34N4O. The van der Waals surface area contributed by atoms with Gasteiger partial charge < -0.3 is 20.4 Å². The summed E-state index contributed by atoms with van der Waals surface area (Å²) in [5.41, 5.74) is 2.43. The van der Waals surface area contributed by atoms with Crippen LogP contribution in [0, 0.1) is 5.41 Å². The molecule has 0 aromatic heterocycles. The van der Waals surface area contributed by atoms with Crippen molar-refractivity contribution in [1.29, 1.82) is 0 Å². The van der Waals surface area contributed by atoms with Crippen molar-refractivity contribution in [3.63, 3.8) is 0 Å². The number of piperazine rings is 1. The average Bonchev–Trinajstić information content (AvgIpc) is 3.48. The summed E-state index contributed by atoms with van der Waals surface area (Å²) in [5, 5.41) is 6.71. The number of hydrogen-bond acceptors (Lipinski definition) is 4. The van der Waals surface area contributed by atoms with Crippen LogP contribution in [0.2, 0.25) is 0 Å². The highest BCUT2D eigenvalue weighted by Gasteiger charge is 2.44. The molecule has 1 aromatic carbocycles. The van der Waals surface area contributed by atoms with Gasteiger partial charge >= 0.3 is 0 Å². The second kappa shape index (κ2) is 8.29. The van der Waals surface area contributed by atoms with E-state index in [2.05, 4.69) is 39.6 Å². The Labute approximate surface area is 163 Å². The van der Waals surface area contributed by atoms with Crippen LogP contribution in [0.5, 0.6) is 0 Å². The topological polar surface area (TPSA) is 47.6 Å². The van der Waals surface area contributed by atoms with Crippen LogP contribution in [0.1, 0.15) is 47.5 Å². The molecule has 5 nitrogen and oxygen atoms in total. The number of likely N-dealkylation sites (N-methyl/N-ethyl adjacent to an activating group) is 1. The fraction of sp³-hybridized carbons (Fsp3) is 0.682.